The van der Waals surface area contributed by atoms with Crippen molar-refractivity contribution in [1.29, 1.82) is 0 Å². The Kier molecular flexibility index (Phi) is 1.76. The lowest BCUT2D eigenvalue weighted by Crippen LogP contribution is -2.78. The van der Waals surface area contributed by atoms with Crippen LogP contribution in [0.2, 0.25) is 0 Å². The van der Waals surface area contributed by atoms with Crippen LogP contribution in [0.5, 0.6) is 0 Å². The number of hydrogen-bond donors (Lipinski definition) is 0. The van der Waals surface area contributed by atoms with E-state index in [2.05, 4.69) is 6.58 Å². The highest BCUT2D eigenvalue weighted by Crippen LogP contribution is 2.67. The molecule has 17 heavy (non-hydrogen) atoms. The Balaban J connectivity index is 2.32. The van der Waals surface area contributed by atoms with Crippen LogP contribution in [-0.2, 0) is 19.1 Å². The van der Waals surface area contributed by atoms with E-state index in [1.807, 2.05) is 6.92 Å². The molecule has 4 unspecified atom stereocenters. The third-order valence-electron chi connectivity index (χ3n) is 5.17. The number of Topliss-reactive ketones (excluding diaryl/α,β-unsaturated/α-hetero) is 2. The largest absolute Gasteiger partial charge is 0.346 e. The average Bonchev–Trinajstić information content (AvgIpc) is 2.30. The smallest absolute Gasteiger partial charge is 0.245 e. The Hall–Kier alpha value is -1.00. The number of hydrogen-bond acceptors (Lipinski definition) is 4. The van der Waals surface area contributed by atoms with Crippen molar-refractivity contribution in [2.45, 2.75) is 26.1 Å². The van der Waals surface area contributed by atoms with Crippen molar-refractivity contribution in [2.75, 3.05) is 13.7 Å². The lowest BCUT2D eigenvalue weighted by atomic mass is 9.43. The molecule has 5 rings (SSSR count). The molecule has 3 aliphatic carbocycles. The Morgan fingerprint density at radius 3 is 2.65 bits per heavy atom. The van der Waals surface area contributed by atoms with Gasteiger partial charge >= 0.3 is 0 Å². The van der Waals surface area contributed by atoms with Gasteiger partial charge in [-0.05, 0) is 12.5 Å². The van der Waals surface area contributed by atoms with Crippen molar-refractivity contribution < 1.29 is 19.1 Å². The standard InChI is InChI=1S/C13H16O4/c1-7-11(2)6-17-13(16-4)10(15)8(11)5-9(14)12(7,13)3/h8H,1,5-6H2,2-4H3. The van der Waals surface area contributed by atoms with Crippen LogP contribution >= 0.6 is 0 Å². The summed E-state index contributed by atoms with van der Waals surface area (Å²) in [4.78, 5) is 24.7. The van der Waals surface area contributed by atoms with Crippen LogP contribution in [0.3, 0.4) is 0 Å². The van der Waals surface area contributed by atoms with E-state index in [-0.39, 0.29) is 17.5 Å². The maximum absolute atomic E-state index is 12.5. The second kappa shape index (κ2) is 2.70. The predicted octanol–water partition coefficient (Wildman–Crippen LogP) is 1.10. The molecule has 0 aromatic carbocycles. The van der Waals surface area contributed by atoms with Crippen LogP contribution in [0.1, 0.15) is 20.3 Å². The first-order valence-corrected chi connectivity index (χ1v) is 5.81. The fourth-order valence-corrected chi connectivity index (χ4v) is 3.82. The number of carbonyl (C=O) groups is 2. The molecule has 5 aliphatic rings. The lowest BCUT2D eigenvalue weighted by Gasteiger charge is -2.66. The van der Waals surface area contributed by atoms with Crippen LogP contribution in [-0.4, -0.2) is 31.1 Å². The molecule has 4 bridgehead atoms. The molecule has 4 atom stereocenters. The van der Waals surface area contributed by atoms with Crippen LogP contribution < -0.4 is 0 Å². The number of ether oxygens (including phenoxy) is 2. The Morgan fingerprint density at radius 2 is 2.06 bits per heavy atom. The minimum Gasteiger partial charge on any atom is -0.346 e. The van der Waals surface area contributed by atoms with Crippen LogP contribution in [0, 0.1) is 16.7 Å². The van der Waals surface area contributed by atoms with Crippen molar-refractivity contribution >= 4 is 11.6 Å². The van der Waals surface area contributed by atoms with Gasteiger partial charge in [-0.15, -0.1) is 0 Å². The number of carbonyl (C=O) groups excluding carboxylic acids is 2. The highest BCUT2D eigenvalue weighted by Gasteiger charge is 2.78. The summed E-state index contributed by atoms with van der Waals surface area (Å²) in [5.74, 6) is -1.85. The molecule has 0 spiro atoms. The Bertz CT molecular complexity index is 468. The number of ketones is 2. The quantitative estimate of drug-likeness (QED) is 0.640. The third kappa shape index (κ3) is 0.808. The summed E-state index contributed by atoms with van der Waals surface area (Å²) in [6.07, 6.45) is 0.291. The van der Waals surface area contributed by atoms with Crippen molar-refractivity contribution in [3.63, 3.8) is 0 Å². The topological polar surface area (TPSA) is 52.6 Å². The van der Waals surface area contributed by atoms with Gasteiger partial charge in [0.25, 0.3) is 0 Å². The Labute approximate surface area is 100.0 Å². The molecule has 4 nitrogen and oxygen atoms in total. The molecule has 2 heterocycles. The molecule has 0 N–H and O–H groups in total. The average molecular weight is 236 g/mol. The fraction of sp³-hybridized carbons (Fsp3) is 0.692. The van der Waals surface area contributed by atoms with Gasteiger partial charge in [-0.2, -0.15) is 0 Å². The summed E-state index contributed by atoms with van der Waals surface area (Å²) in [6.45, 7) is 8.16. The van der Waals surface area contributed by atoms with Gasteiger partial charge in [0, 0.05) is 24.9 Å². The molecule has 0 amide bonds. The normalized spacial score (nSPS) is 52.4. The molecular formula is C13H16O4. The maximum Gasteiger partial charge on any atom is 0.245 e. The number of methoxy groups -OCH3 is 1. The first-order valence-electron chi connectivity index (χ1n) is 5.81. The zero-order chi connectivity index (χ0) is 12.6. The van der Waals surface area contributed by atoms with Gasteiger partial charge in [0.2, 0.25) is 5.79 Å². The van der Waals surface area contributed by atoms with Gasteiger partial charge in [0.05, 0.1) is 6.61 Å². The molecule has 5 fully saturated rings. The number of fused-ring (bicyclic) bond motifs is 2. The summed E-state index contributed by atoms with van der Waals surface area (Å²) in [5, 5.41) is 0. The SMILES string of the molecule is C=C1C2(C)COC3(OC)C(=O)C2CC(=O)C13C. The highest BCUT2D eigenvalue weighted by molar-refractivity contribution is 6.09. The van der Waals surface area contributed by atoms with Crippen LogP contribution in [0.25, 0.3) is 0 Å². The summed E-state index contributed by atoms with van der Waals surface area (Å²) < 4.78 is 11.0. The van der Waals surface area contributed by atoms with E-state index >= 15 is 0 Å². The van der Waals surface area contributed by atoms with Crippen LogP contribution in [0.15, 0.2) is 12.2 Å². The lowest BCUT2D eigenvalue weighted by molar-refractivity contribution is -0.314. The minimum atomic E-state index is -1.43. The van der Waals surface area contributed by atoms with E-state index in [1.54, 1.807) is 6.92 Å². The minimum absolute atomic E-state index is 0.00567. The van der Waals surface area contributed by atoms with Gasteiger partial charge in [-0.1, -0.05) is 13.5 Å². The van der Waals surface area contributed by atoms with E-state index in [9.17, 15) is 9.59 Å². The third-order valence-corrected chi connectivity index (χ3v) is 5.17. The maximum atomic E-state index is 12.5. The summed E-state index contributed by atoms with van der Waals surface area (Å²) in [6, 6.07) is 0. The predicted molar refractivity (Wildman–Crippen MR) is 59.2 cm³/mol. The van der Waals surface area contributed by atoms with E-state index in [0.29, 0.717) is 13.0 Å². The summed E-state index contributed by atoms with van der Waals surface area (Å²) in [7, 11) is 1.42. The van der Waals surface area contributed by atoms with E-state index in [1.165, 1.54) is 7.11 Å². The molecule has 3 saturated carbocycles. The van der Waals surface area contributed by atoms with Crippen molar-refractivity contribution in [3.8, 4) is 0 Å². The zero-order valence-electron chi connectivity index (χ0n) is 10.3. The summed E-state index contributed by atoms with van der Waals surface area (Å²) >= 11 is 0. The first-order chi connectivity index (χ1) is 7.84. The van der Waals surface area contributed by atoms with E-state index in [4.69, 9.17) is 9.47 Å². The molecule has 0 radical (unpaired) electrons. The van der Waals surface area contributed by atoms with Gasteiger partial charge in [0.1, 0.15) is 11.2 Å². The van der Waals surface area contributed by atoms with Crippen LogP contribution in [0.4, 0.5) is 0 Å². The molecule has 4 heteroatoms. The van der Waals surface area contributed by atoms with Gasteiger partial charge in [-0.25, -0.2) is 0 Å². The van der Waals surface area contributed by atoms with Crippen molar-refractivity contribution in [2.24, 2.45) is 16.7 Å². The fourth-order valence-electron chi connectivity index (χ4n) is 3.82. The van der Waals surface area contributed by atoms with Gasteiger partial charge in [0.15, 0.2) is 5.78 Å². The molecule has 2 saturated heterocycles. The number of rotatable bonds is 1. The second-order valence-corrected chi connectivity index (χ2v) is 5.67. The van der Waals surface area contributed by atoms with Gasteiger partial charge < -0.3 is 9.47 Å². The summed E-state index contributed by atoms with van der Waals surface area (Å²) in [5.41, 5.74) is -0.653. The zero-order valence-corrected chi connectivity index (χ0v) is 10.3. The molecule has 92 valence electrons. The molecule has 2 aliphatic heterocycles. The van der Waals surface area contributed by atoms with Crippen molar-refractivity contribution in [3.05, 3.63) is 12.2 Å². The monoisotopic (exact) mass is 236 g/mol. The second-order valence-electron chi connectivity index (χ2n) is 5.67. The van der Waals surface area contributed by atoms with E-state index < -0.39 is 16.6 Å². The van der Waals surface area contributed by atoms with Crippen molar-refractivity contribution in [1.82, 2.24) is 0 Å². The molecular weight excluding hydrogens is 220 g/mol. The van der Waals surface area contributed by atoms with Gasteiger partial charge in [-0.3, -0.25) is 9.59 Å². The van der Waals surface area contributed by atoms with E-state index in [0.717, 1.165) is 5.57 Å². The first kappa shape index (κ1) is 11.1. The highest BCUT2D eigenvalue weighted by atomic mass is 16.7. The Morgan fingerprint density at radius 1 is 1.41 bits per heavy atom. The molecule has 0 aromatic rings. The molecule has 0 aromatic heterocycles.